The number of hydrogen-bond donors (Lipinski definition) is 3. The minimum absolute atomic E-state index is 0.180. The second-order valence-corrected chi connectivity index (χ2v) is 9.49. The largest absolute Gasteiger partial charge is 0.495 e. The molecular formula is C21H23N5O3S. The molecule has 1 aliphatic rings. The first-order valence-corrected chi connectivity index (χ1v) is 11.6. The van der Waals surface area contributed by atoms with Gasteiger partial charge in [0.1, 0.15) is 23.3 Å². The number of aromatic amines is 1. The predicted octanol–water partition coefficient (Wildman–Crippen LogP) is 3.94. The van der Waals surface area contributed by atoms with Crippen LogP contribution in [0, 0.1) is 11.3 Å². The lowest BCUT2D eigenvalue weighted by Gasteiger charge is -2.17. The highest BCUT2D eigenvalue weighted by molar-refractivity contribution is 7.90. The molecule has 9 heteroatoms. The number of sulfone groups is 1. The van der Waals surface area contributed by atoms with E-state index in [0.717, 1.165) is 30.2 Å². The number of aromatic nitrogens is 2. The summed E-state index contributed by atoms with van der Waals surface area (Å²) >= 11 is 0. The number of H-pyrrole nitrogens is 1. The van der Waals surface area contributed by atoms with Crippen molar-refractivity contribution in [1.29, 1.82) is 5.26 Å². The van der Waals surface area contributed by atoms with Crippen LogP contribution in [0.3, 0.4) is 0 Å². The third kappa shape index (κ3) is 3.91. The zero-order chi connectivity index (χ0) is 21.3. The Bertz CT molecular complexity index is 1240. The quantitative estimate of drug-likeness (QED) is 0.547. The van der Waals surface area contributed by atoms with Crippen molar-refractivity contribution in [1.82, 2.24) is 9.97 Å². The van der Waals surface area contributed by atoms with E-state index in [9.17, 15) is 13.7 Å². The van der Waals surface area contributed by atoms with Crippen molar-refractivity contribution in [3.05, 3.63) is 36.0 Å². The van der Waals surface area contributed by atoms with Gasteiger partial charge < -0.3 is 20.4 Å². The Balaban J connectivity index is 1.73. The molecule has 0 unspecified atom stereocenters. The zero-order valence-corrected chi connectivity index (χ0v) is 17.6. The molecule has 1 aliphatic carbocycles. The van der Waals surface area contributed by atoms with Gasteiger partial charge in [0.2, 0.25) is 0 Å². The lowest BCUT2D eigenvalue weighted by Crippen LogP contribution is -2.15. The summed E-state index contributed by atoms with van der Waals surface area (Å²) in [6.45, 7) is 0. The fourth-order valence-corrected chi connectivity index (χ4v) is 4.47. The van der Waals surface area contributed by atoms with Gasteiger partial charge in [0.25, 0.3) is 0 Å². The molecule has 3 N–H and O–H groups in total. The molecule has 1 aromatic carbocycles. The molecule has 0 radical (unpaired) electrons. The maximum Gasteiger partial charge on any atom is 0.175 e. The Morgan fingerprint density at radius 3 is 2.67 bits per heavy atom. The third-order valence-corrected chi connectivity index (χ3v) is 6.45. The van der Waals surface area contributed by atoms with Gasteiger partial charge in [-0.05, 0) is 25.0 Å². The first kappa shape index (κ1) is 20.0. The van der Waals surface area contributed by atoms with Crippen molar-refractivity contribution in [2.45, 2.75) is 36.6 Å². The van der Waals surface area contributed by atoms with Crippen molar-refractivity contribution < 1.29 is 13.2 Å². The van der Waals surface area contributed by atoms with Gasteiger partial charge in [-0.3, -0.25) is 0 Å². The molecule has 0 atom stereocenters. The molecule has 30 heavy (non-hydrogen) atoms. The summed E-state index contributed by atoms with van der Waals surface area (Å²) in [5.74, 6) is 0.953. The van der Waals surface area contributed by atoms with Crippen molar-refractivity contribution in [3.63, 3.8) is 0 Å². The van der Waals surface area contributed by atoms with Crippen LogP contribution in [0.15, 0.2) is 35.4 Å². The smallest absolute Gasteiger partial charge is 0.175 e. The van der Waals surface area contributed by atoms with E-state index in [-0.39, 0.29) is 4.90 Å². The number of pyridine rings is 1. The zero-order valence-electron chi connectivity index (χ0n) is 16.8. The maximum absolute atomic E-state index is 11.8. The van der Waals surface area contributed by atoms with E-state index in [1.807, 2.05) is 6.07 Å². The molecule has 0 spiro atoms. The highest BCUT2D eigenvalue weighted by Crippen LogP contribution is 2.34. The number of ether oxygens (including phenoxy) is 1. The van der Waals surface area contributed by atoms with Gasteiger partial charge in [-0.25, -0.2) is 13.4 Å². The molecule has 0 saturated heterocycles. The first-order chi connectivity index (χ1) is 14.4. The minimum Gasteiger partial charge on any atom is -0.495 e. The average molecular weight is 426 g/mol. The van der Waals surface area contributed by atoms with Crippen LogP contribution in [0.5, 0.6) is 5.75 Å². The molecular weight excluding hydrogens is 402 g/mol. The van der Waals surface area contributed by atoms with Crippen LogP contribution < -0.4 is 15.4 Å². The van der Waals surface area contributed by atoms with Gasteiger partial charge in [0.15, 0.2) is 9.84 Å². The standard InChI is InChI=1S/C21H23N5O3S/c1-29-18-9-15(30(2,27)28)7-8-16(18)25-19-10-17(24-14-5-3-4-6-14)20-13(11-22)12-23-21(20)26-19/h7-10,12,14H,3-6H2,1-2H3,(H3,23,24,25,26). The number of nitrogens with zero attached hydrogens (tertiary/aromatic N) is 2. The van der Waals surface area contributed by atoms with E-state index in [2.05, 4.69) is 26.7 Å². The summed E-state index contributed by atoms with van der Waals surface area (Å²) in [6.07, 6.45) is 7.39. The molecule has 0 bridgehead atoms. The number of methoxy groups -OCH3 is 1. The van der Waals surface area contributed by atoms with Crippen LogP contribution in [0.4, 0.5) is 17.2 Å². The number of fused-ring (bicyclic) bond motifs is 1. The lowest BCUT2D eigenvalue weighted by molar-refractivity contribution is 0.415. The molecule has 4 rings (SSSR count). The Hall–Kier alpha value is -3.25. The molecule has 1 saturated carbocycles. The predicted molar refractivity (Wildman–Crippen MR) is 116 cm³/mol. The fourth-order valence-electron chi connectivity index (χ4n) is 3.83. The molecule has 0 amide bonds. The summed E-state index contributed by atoms with van der Waals surface area (Å²) in [6, 6.07) is 9.12. The maximum atomic E-state index is 11.8. The second kappa shape index (κ2) is 7.88. The van der Waals surface area contributed by atoms with Gasteiger partial charge in [0, 0.05) is 30.6 Å². The van der Waals surface area contributed by atoms with Crippen LogP contribution in [-0.4, -0.2) is 37.8 Å². The molecule has 8 nitrogen and oxygen atoms in total. The second-order valence-electron chi connectivity index (χ2n) is 7.48. The van der Waals surface area contributed by atoms with Crippen molar-refractivity contribution in [2.75, 3.05) is 24.0 Å². The lowest BCUT2D eigenvalue weighted by atomic mass is 10.1. The monoisotopic (exact) mass is 425 g/mol. The van der Waals surface area contributed by atoms with Crippen molar-refractivity contribution >= 4 is 38.1 Å². The highest BCUT2D eigenvalue weighted by Gasteiger charge is 2.19. The number of anilines is 3. The normalized spacial score (nSPS) is 14.6. The summed E-state index contributed by atoms with van der Waals surface area (Å²) in [5.41, 5.74) is 2.58. The molecule has 2 heterocycles. The fraction of sp³-hybridized carbons (Fsp3) is 0.333. The van der Waals surface area contributed by atoms with E-state index < -0.39 is 9.84 Å². The van der Waals surface area contributed by atoms with E-state index >= 15 is 0 Å². The Kier molecular flexibility index (Phi) is 5.26. The molecule has 2 aromatic heterocycles. The van der Waals surface area contributed by atoms with Crippen LogP contribution in [0.2, 0.25) is 0 Å². The third-order valence-electron chi connectivity index (χ3n) is 5.34. The first-order valence-electron chi connectivity index (χ1n) is 9.73. The van der Waals surface area contributed by atoms with Gasteiger partial charge in [-0.1, -0.05) is 12.8 Å². The van der Waals surface area contributed by atoms with Crippen LogP contribution in [0.1, 0.15) is 31.2 Å². The van der Waals surface area contributed by atoms with Gasteiger partial charge in [-0.2, -0.15) is 5.26 Å². The van der Waals surface area contributed by atoms with E-state index in [1.165, 1.54) is 32.1 Å². The Morgan fingerprint density at radius 1 is 1.23 bits per heavy atom. The Labute approximate surface area is 175 Å². The topological polar surface area (TPSA) is 120 Å². The SMILES string of the molecule is COc1cc(S(C)(=O)=O)ccc1Nc1cc(NC2CCCC2)c2c(C#N)c[nH]c2n1. The van der Waals surface area contributed by atoms with Crippen molar-refractivity contribution in [3.8, 4) is 11.8 Å². The molecule has 3 aromatic rings. The minimum atomic E-state index is -3.34. The van der Waals surface area contributed by atoms with E-state index in [1.54, 1.807) is 12.3 Å². The number of rotatable bonds is 6. The number of nitriles is 1. The number of benzene rings is 1. The van der Waals surface area contributed by atoms with Crippen LogP contribution in [-0.2, 0) is 9.84 Å². The number of nitrogens with one attached hydrogen (secondary N) is 3. The van der Waals surface area contributed by atoms with Gasteiger partial charge in [0.05, 0.1) is 34.3 Å². The van der Waals surface area contributed by atoms with Crippen molar-refractivity contribution in [2.24, 2.45) is 0 Å². The summed E-state index contributed by atoms with van der Waals surface area (Å²) in [4.78, 5) is 7.83. The summed E-state index contributed by atoms with van der Waals surface area (Å²) in [7, 11) is -1.86. The summed E-state index contributed by atoms with van der Waals surface area (Å²) in [5, 5.41) is 17.0. The Morgan fingerprint density at radius 2 is 2.00 bits per heavy atom. The van der Waals surface area contributed by atoms with E-state index in [4.69, 9.17) is 4.74 Å². The average Bonchev–Trinajstić information content (AvgIpc) is 3.37. The van der Waals surface area contributed by atoms with Crippen LogP contribution in [0.25, 0.3) is 11.0 Å². The van der Waals surface area contributed by atoms with Crippen LogP contribution >= 0.6 is 0 Å². The highest BCUT2D eigenvalue weighted by atomic mass is 32.2. The van der Waals surface area contributed by atoms with Gasteiger partial charge >= 0.3 is 0 Å². The number of hydrogen-bond acceptors (Lipinski definition) is 7. The molecule has 1 fully saturated rings. The van der Waals surface area contributed by atoms with Gasteiger partial charge in [-0.15, -0.1) is 0 Å². The molecule has 0 aliphatic heterocycles. The van der Waals surface area contributed by atoms with E-state index in [0.29, 0.717) is 34.5 Å². The molecule has 156 valence electrons. The summed E-state index contributed by atoms with van der Waals surface area (Å²) < 4.78 is 29.0.